The first-order valence-electron chi connectivity index (χ1n) is 4.50. The van der Waals surface area contributed by atoms with Crippen LogP contribution >= 0.6 is 0 Å². The van der Waals surface area contributed by atoms with Crippen molar-refractivity contribution >= 4 is 17.0 Å². The van der Waals surface area contributed by atoms with Crippen molar-refractivity contribution in [2.24, 2.45) is 0 Å². The SMILES string of the molecule is O=C(O)C[C@@H](O)c1c[nH]c2ncccc12. The molecule has 0 bridgehead atoms. The van der Waals surface area contributed by atoms with Crippen molar-refractivity contribution in [3.05, 3.63) is 30.1 Å². The number of aliphatic hydroxyl groups excluding tert-OH is 1. The number of aliphatic hydroxyl groups is 1. The predicted octanol–water partition coefficient (Wildman–Crippen LogP) is 1.07. The van der Waals surface area contributed by atoms with Crippen LogP contribution in [0.15, 0.2) is 24.5 Å². The third kappa shape index (κ3) is 1.82. The number of fused-ring (bicyclic) bond motifs is 1. The Kier molecular flexibility index (Phi) is 2.39. The molecular formula is C10H10N2O3. The van der Waals surface area contributed by atoms with E-state index in [2.05, 4.69) is 9.97 Å². The zero-order valence-electron chi connectivity index (χ0n) is 7.84. The standard InChI is InChI=1S/C10H10N2O3/c13-8(4-9(14)15)7-5-12-10-6(7)2-1-3-11-10/h1-3,5,8,13H,4H2,(H,11,12)(H,14,15)/t8-/m1/s1. The molecule has 0 fully saturated rings. The van der Waals surface area contributed by atoms with Crippen LogP contribution in [-0.4, -0.2) is 26.2 Å². The highest BCUT2D eigenvalue weighted by atomic mass is 16.4. The lowest BCUT2D eigenvalue weighted by molar-refractivity contribution is -0.139. The number of pyridine rings is 1. The van der Waals surface area contributed by atoms with E-state index in [1.807, 2.05) is 0 Å². The molecule has 0 radical (unpaired) electrons. The zero-order chi connectivity index (χ0) is 10.8. The molecule has 5 nitrogen and oxygen atoms in total. The monoisotopic (exact) mass is 206 g/mol. The van der Waals surface area contributed by atoms with Gasteiger partial charge in [0.05, 0.1) is 12.5 Å². The molecular weight excluding hydrogens is 196 g/mol. The highest BCUT2D eigenvalue weighted by Gasteiger charge is 2.16. The van der Waals surface area contributed by atoms with Gasteiger partial charge in [0.1, 0.15) is 5.65 Å². The number of aromatic amines is 1. The van der Waals surface area contributed by atoms with Gasteiger partial charge in [-0.05, 0) is 12.1 Å². The number of nitrogens with zero attached hydrogens (tertiary/aromatic N) is 1. The molecule has 3 N–H and O–H groups in total. The molecule has 0 unspecified atom stereocenters. The number of nitrogens with one attached hydrogen (secondary N) is 1. The van der Waals surface area contributed by atoms with Crippen LogP contribution in [0.5, 0.6) is 0 Å². The minimum absolute atomic E-state index is 0.304. The summed E-state index contributed by atoms with van der Waals surface area (Å²) in [7, 11) is 0. The minimum atomic E-state index is -1.03. The van der Waals surface area contributed by atoms with Crippen LogP contribution in [0.2, 0.25) is 0 Å². The molecule has 15 heavy (non-hydrogen) atoms. The number of carboxylic acids is 1. The van der Waals surface area contributed by atoms with Gasteiger partial charge in [-0.15, -0.1) is 0 Å². The smallest absolute Gasteiger partial charge is 0.306 e. The number of rotatable bonds is 3. The molecule has 0 aliphatic carbocycles. The molecule has 2 aromatic heterocycles. The van der Waals surface area contributed by atoms with Crippen LogP contribution in [0.25, 0.3) is 11.0 Å². The lowest BCUT2D eigenvalue weighted by Gasteiger charge is -2.05. The fraction of sp³-hybridized carbons (Fsp3) is 0.200. The fourth-order valence-corrected chi connectivity index (χ4v) is 1.53. The summed E-state index contributed by atoms with van der Waals surface area (Å²) in [4.78, 5) is 17.4. The number of hydrogen-bond acceptors (Lipinski definition) is 3. The van der Waals surface area contributed by atoms with E-state index in [0.29, 0.717) is 11.2 Å². The van der Waals surface area contributed by atoms with Crippen LogP contribution in [0.1, 0.15) is 18.1 Å². The van der Waals surface area contributed by atoms with Gasteiger partial charge in [0.2, 0.25) is 0 Å². The normalized spacial score (nSPS) is 12.9. The van der Waals surface area contributed by atoms with Gasteiger partial charge in [-0.25, -0.2) is 4.98 Å². The maximum Gasteiger partial charge on any atom is 0.306 e. The van der Waals surface area contributed by atoms with Gasteiger partial charge in [-0.3, -0.25) is 4.79 Å². The van der Waals surface area contributed by atoms with Crippen LogP contribution < -0.4 is 0 Å². The number of aliphatic carboxylic acids is 1. The molecule has 0 aromatic carbocycles. The second-order valence-electron chi connectivity index (χ2n) is 3.26. The summed E-state index contributed by atoms with van der Waals surface area (Å²) in [5.74, 6) is -1.03. The van der Waals surface area contributed by atoms with Crippen molar-refractivity contribution in [1.29, 1.82) is 0 Å². The van der Waals surface area contributed by atoms with E-state index in [9.17, 15) is 9.90 Å². The van der Waals surface area contributed by atoms with Gasteiger partial charge < -0.3 is 15.2 Å². The predicted molar refractivity (Wildman–Crippen MR) is 53.3 cm³/mol. The summed E-state index contributed by atoms with van der Waals surface area (Å²) in [6.45, 7) is 0. The van der Waals surface area contributed by atoms with Gasteiger partial charge in [0.25, 0.3) is 0 Å². The van der Waals surface area contributed by atoms with E-state index in [1.54, 1.807) is 24.5 Å². The first-order chi connectivity index (χ1) is 7.18. The van der Waals surface area contributed by atoms with Gasteiger partial charge in [0.15, 0.2) is 0 Å². The van der Waals surface area contributed by atoms with E-state index >= 15 is 0 Å². The van der Waals surface area contributed by atoms with Gasteiger partial charge in [-0.1, -0.05) is 0 Å². The van der Waals surface area contributed by atoms with Crippen molar-refractivity contribution in [2.45, 2.75) is 12.5 Å². The highest BCUT2D eigenvalue weighted by Crippen LogP contribution is 2.24. The van der Waals surface area contributed by atoms with Crippen molar-refractivity contribution < 1.29 is 15.0 Å². The molecule has 5 heteroatoms. The number of carbonyl (C=O) groups is 1. The Labute approximate surface area is 85.4 Å². The zero-order valence-corrected chi connectivity index (χ0v) is 7.84. The summed E-state index contributed by atoms with van der Waals surface area (Å²) in [6, 6.07) is 3.53. The molecule has 2 heterocycles. The average molecular weight is 206 g/mol. The number of aromatic nitrogens is 2. The number of hydrogen-bond donors (Lipinski definition) is 3. The van der Waals surface area contributed by atoms with E-state index < -0.39 is 12.1 Å². The third-order valence-electron chi connectivity index (χ3n) is 2.21. The molecule has 0 saturated carbocycles. The van der Waals surface area contributed by atoms with Crippen molar-refractivity contribution in [1.82, 2.24) is 9.97 Å². The van der Waals surface area contributed by atoms with Gasteiger partial charge in [0, 0.05) is 23.3 Å². The molecule has 2 aromatic rings. The van der Waals surface area contributed by atoms with Crippen molar-refractivity contribution in [2.75, 3.05) is 0 Å². The van der Waals surface area contributed by atoms with E-state index in [4.69, 9.17) is 5.11 Å². The molecule has 0 aliphatic heterocycles. The van der Waals surface area contributed by atoms with Crippen LogP contribution in [0.3, 0.4) is 0 Å². The third-order valence-corrected chi connectivity index (χ3v) is 2.21. The first kappa shape index (κ1) is 9.67. The molecule has 0 amide bonds. The Morgan fingerprint density at radius 3 is 3.13 bits per heavy atom. The van der Waals surface area contributed by atoms with Gasteiger partial charge >= 0.3 is 5.97 Å². The molecule has 1 atom stereocenters. The largest absolute Gasteiger partial charge is 0.481 e. The summed E-state index contributed by atoms with van der Waals surface area (Å²) < 4.78 is 0. The summed E-state index contributed by atoms with van der Waals surface area (Å²) in [5, 5.41) is 19.0. The molecule has 0 saturated heterocycles. The van der Waals surface area contributed by atoms with Crippen molar-refractivity contribution in [3.63, 3.8) is 0 Å². The maximum atomic E-state index is 10.5. The Bertz CT molecular complexity index is 492. The van der Waals surface area contributed by atoms with Crippen LogP contribution in [0.4, 0.5) is 0 Å². The lowest BCUT2D eigenvalue weighted by atomic mass is 10.1. The average Bonchev–Trinajstić information content (AvgIpc) is 2.59. The summed E-state index contributed by atoms with van der Waals surface area (Å²) in [5.41, 5.74) is 1.22. The molecule has 2 rings (SSSR count). The molecule has 0 aliphatic rings. The Hall–Kier alpha value is -1.88. The Balaban J connectivity index is 2.39. The number of carboxylic acid groups (broad SMARTS) is 1. The van der Waals surface area contributed by atoms with Gasteiger partial charge in [-0.2, -0.15) is 0 Å². The number of H-pyrrole nitrogens is 1. The van der Waals surface area contributed by atoms with Crippen LogP contribution in [0, 0.1) is 0 Å². The topological polar surface area (TPSA) is 86.2 Å². The molecule has 78 valence electrons. The molecule has 0 spiro atoms. The lowest BCUT2D eigenvalue weighted by Crippen LogP contribution is -2.04. The fourth-order valence-electron chi connectivity index (χ4n) is 1.53. The Morgan fingerprint density at radius 1 is 1.60 bits per heavy atom. The second kappa shape index (κ2) is 3.70. The maximum absolute atomic E-state index is 10.5. The van der Waals surface area contributed by atoms with Crippen LogP contribution in [-0.2, 0) is 4.79 Å². The van der Waals surface area contributed by atoms with E-state index in [1.165, 1.54) is 0 Å². The summed E-state index contributed by atoms with van der Waals surface area (Å²) >= 11 is 0. The first-order valence-corrected chi connectivity index (χ1v) is 4.50. The highest BCUT2D eigenvalue weighted by molar-refractivity contribution is 5.80. The minimum Gasteiger partial charge on any atom is -0.481 e. The van der Waals surface area contributed by atoms with E-state index in [0.717, 1.165) is 5.39 Å². The van der Waals surface area contributed by atoms with E-state index in [-0.39, 0.29) is 6.42 Å². The quantitative estimate of drug-likeness (QED) is 0.701. The Morgan fingerprint density at radius 2 is 2.40 bits per heavy atom. The second-order valence-corrected chi connectivity index (χ2v) is 3.26. The van der Waals surface area contributed by atoms with Crippen molar-refractivity contribution in [3.8, 4) is 0 Å². The summed E-state index contributed by atoms with van der Waals surface area (Å²) in [6.07, 6.45) is 1.92.